The Bertz CT molecular complexity index is 319. The monoisotopic (exact) mass is 268 g/mol. The first-order chi connectivity index (χ1) is 8.83. The summed E-state index contributed by atoms with van der Waals surface area (Å²) in [6.07, 6.45) is 4.60. The van der Waals surface area contributed by atoms with E-state index in [0.717, 1.165) is 24.9 Å². The maximum atomic E-state index is 11.8. The second kappa shape index (κ2) is 5.70. The van der Waals surface area contributed by atoms with Crippen molar-refractivity contribution in [1.82, 2.24) is 10.2 Å². The van der Waals surface area contributed by atoms with Crippen LogP contribution < -0.4 is 5.32 Å². The molecule has 110 valence electrons. The van der Waals surface area contributed by atoms with Crippen molar-refractivity contribution in [2.75, 3.05) is 13.1 Å². The molecule has 2 rings (SSSR count). The van der Waals surface area contributed by atoms with E-state index in [1.807, 2.05) is 20.8 Å². The molecule has 2 aliphatic rings. The number of nitrogens with one attached hydrogen (secondary N) is 1. The van der Waals surface area contributed by atoms with Crippen LogP contribution in [-0.4, -0.2) is 41.8 Å². The van der Waals surface area contributed by atoms with Gasteiger partial charge in [0.05, 0.1) is 0 Å². The molecule has 0 aromatic heterocycles. The molecular formula is C15H28N2O2. The number of nitrogens with zero attached hydrogens (tertiary/aromatic N) is 1. The lowest BCUT2D eigenvalue weighted by Crippen LogP contribution is -2.54. The summed E-state index contributed by atoms with van der Waals surface area (Å²) in [6, 6.07) is 0.998. The van der Waals surface area contributed by atoms with Crippen LogP contribution in [-0.2, 0) is 4.74 Å². The van der Waals surface area contributed by atoms with Gasteiger partial charge in [0.15, 0.2) is 0 Å². The van der Waals surface area contributed by atoms with Crippen molar-refractivity contribution in [3.8, 4) is 0 Å². The van der Waals surface area contributed by atoms with E-state index >= 15 is 0 Å². The molecule has 1 saturated heterocycles. The van der Waals surface area contributed by atoms with Crippen LogP contribution in [0.15, 0.2) is 0 Å². The van der Waals surface area contributed by atoms with Gasteiger partial charge in [0.1, 0.15) is 5.60 Å². The molecule has 19 heavy (non-hydrogen) atoms. The van der Waals surface area contributed by atoms with Gasteiger partial charge in [-0.3, -0.25) is 4.90 Å². The number of alkyl carbamates (subject to hydrolysis) is 1. The first-order valence-electron chi connectivity index (χ1n) is 7.57. The molecule has 1 atom stereocenters. The Labute approximate surface area is 116 Å². The molecule has 1 aliphatic carbocycles. The fourth-order valence-electron chi connectivity index (χ4n) is 3.09. The number of piperidine rings is 1. The van der Waals surface area contributed by atoms with Gasteiger partial charge in [-0.05, 0) is 58.9 Å². The first-order valence-corrected chi connectivity index (χ1v) is 7.57. The van der Waals surface area contributed by atoms with E-state index in [1.165, 1.54) is 25.8 Å². The Hall–Kier alpha value is -0.770. The topological polar surface area (TPSA) is 41.6 Å². The molecule has 1 amide bonds. The summed E-state index contributed by atoms with van der Waals surface area (Å²) in [5.74, 6) is 0.879. The molecule has 0 aromatic carbocycles. The number of rotatable bonds is 2. The molecule has 0 spiro atoms. The van der Waals surface area contributed by atoms with E-state index in [2.05, 4.69) is 17.1 Å². The van der Waals surface area contributed by atoms with Gasteiger partial charge >= 0.3 is 6.09 Å². The average molecular weight is 268 g/mol. The molecule has 0 aromatic rings. The van der Waals surface area contributed by atoms with E-state index in [9.17, 15) is 4.79 Å². The summed E-state index contributed by atoms with van der Waals surface area (Å²) in [4.78, 5) is 14.3. The first kappa shape index (κ1) is 14.6. The van der Waals surface area contributed by atoms with Crippen LogP contribution in [0.5, 0.6) is 0 Å². The van der Waals surface area contributed by atoms with Crippen LogP contribution in [0.25, 0.3) is 0 Å². The van der Waals surface area contributed by atoms with Gasteiger partial charge in [-0.2, -0.15) is 0 Å². The maximum absolute atomic E-state index is 11.8. The van der Waals surface area contributed by atoms with Crippen LogP contribution in [0.2, 0.25) is 0 Å². The Morgan fingerprint density at radius 2 is 2.00 bits per heavy atom. The van der Waals surface area contributed by atoms with Crippen LogP contribution >= 0.6 is 0 Å². The minimum absolute atomic E-state index is 0.250. The Morgan fingerprint density at radius 1 is 1.32 bits per heavy atom. The number of ether oxygens (including phenoxy) is 1. The van der Waals surface area contributed by atoms with Crippen molar-refractivity contribution in [2.45, 2.75) is 71.1 Å². The maximum Gasteiger partial charge on any atom is 0.407 e. The van der Waals surface area contributed by atoms with Crippen LogP contribution in [0.3, 0.4) is 0 Å². The van der Waals surface area contributed by atoms with Crippen molar-refractivity contribution in [3.63, 3.8) is 0 Å². The lowest BCUT2D eigenvalue weighted by Gasteiger charge is -2.45. The van der Waals surface area contributed by atoms with Crippen LogP contribution in [0.4, 0.5) is 4.79 Å². The Balaban J connectivity index is 1.76. The molecule has 2 fully saturated rings. The van der Waals surface area contributed by atoms with E-state index in [1.54, 1.807) is 0 Å². The fourth-order valence-corrected chi connectivity index (χ4v) is 3.09. The molecule has 1 unspecified atom stereocenters. The summed E-state index contributed by atoms with van der Waals surface area (Å²) in [5.41, 5.74) is -0.415. The van der Waals surface area contributed by atoms with Gasteiger partial charge in [-0.1, -0.05) is 6.92 Å². The highest BCUT2D eigenvalue weighted by atomic mass is 16.6. The number of carbonyl (C=O) groups excluding carboxylic acids is 1. The minimum atomic E-state index is -0.415. The van der Waals surface area contributed by atoms with Crippen LogP contribution in [0, 0.1) is 5.92 Å². The average Bonchev–Trinajstić information content (AvgIpc) is 2.22. The normalized spacial score (nSPS) is 32.5. The van der Waals surface area contributed by atoms with Crippen LogP contribution in [0.1, 0.15) is 53.4 Å². The van der Waals surface area contributed by atoms with Crippen molar-refractivity contribution in [1.29, 1.82) is 0 Å². The van der Waals surface area contributed by atoms with Gasteiger partial charge in [0.25, 0.3) is 0 Å². The SMILES string of the molecule is CC1CC(N2CCCC(NC(=O)OC(C)(C)C)C2)C1. The summed E-state index contributed by atoms with van der Waals surface area (Å²) in [6.45, 7) is 10.2. The van der Waals surface area contributed by atoms with Gasteiger partial charge in [0.2, 0.25) is 0 Å². The van der Waals surface area contributed by atoms with E-state index in [4.69, 9.17) is 4.74 Å². The third-order valence-electron chi connectivity index (χ3n) is 4.04. The molecular weight excluding hydrogens is 240 g/mol. The summed E-state index contributed by atoms with van der Waals surface area (Å²) in [5, 5.41) is 3.02. The zero-order chi connectivity index (χ0) is 14.0. The number of hydrogen-bond donors (Lipinski definition) is 1. The molecule has 0 radical (unpaired) electrons. The zero-order valence-electron chi connectivity index (χ0n) is 12.7. The molecule has 1 N–H and O–H groups in total. The third-order valence-corrected chi connectivity index (χ3v) is 4.04. The van der Waals surface area contributed by atoms with E-state index in [-0.39, 0.29) is 12.1 Å². The quantitative estimate of drug-likeness (QED) is 0.837. The van der Waals surface area contributed by atoms with Gasteiger partial charge in [0, 0.05) is 18.6 Å². The predicted molar refractivity (Wildman–Crippen MR) is 76.2 cm³/mol. The van der Waals surface area contributed by atoms with Gasteiger partial charge in [-0.15, -0.1) is 0 Å². The lowest BCUT2D eigenvalue weighted by atomic mass is 9.80. The smallest absolute Gasteiger partial charge is 0.407 e. The second-order valence-corrected chi connectivity index (χ2v) is 7.21. The zero-order valence-corrected chi connectivity index (χ0v) is 12.7. The molecule has 0 bridgehead atoms. The summed E-state index contributed by atoms with van der Waals surface area (Å²) >= 11 is 0. The van der Waals surface area contributed by atoms with Crippen molar-refractivity contribution in [3.05, 3.63) is 0 Å². The van der Waals surface area contributed by atoms with Crippen molar-refractivity contribution < 1.29 is 9.53 Å². The highest BCUT2D eigenvalue weighted by molar-refractivity contribution is 5.68. The van der Waals surface area contributed by atoms with Crippen molar-refractivity contribution in [2.24, 2.45) is 5.92 Å². The number of likely N-dealkylation sites (tertiary alicyclic amines) is 1. The molecule has 1 aliphatic heterocycles. The molecule has 1 saturated carbocycles. The number of amides is 1. The Kier molecular flexibility index (Phi) is 4.39. The predicted octanol–water partition coefficient (Wildman–Crippen LogP) is 2.77. The van der Waals surface area contributed by atoms with Gasteiger partial charge in [-0.25, -0.2) is 4.79 Å². The minimum Gasteiger partial charge on any atom is -0.444 e. The third kappa shape index (κ3) is 4.37. The summed E-state index contributed by atoms with van der Waals surface area (Å²) in [7, 11) is 0. The standard InChI is InChI=1S/C15H28N2O2/c1-11-8-13(9-11)17-7-5-6-12(10-17)16-14(18)19-15(2,3)4/h11-13H,5-10H2,1-4H3,(H,16,18). The lowest BCUT2D eigenvalue weighted by molar-refractivity contribution is 0.0354. The fraction of sp³-hybridized carbons (Fsp3) is 0.933. The van der Waals surface area contributed by atoms with E-state index < -0.39 is 5.60 Å². The van der Waals surface area contributed by atoms with Gasteiger partial charge < -0.3 is 10.1 Å². The molecule has 1 heterocycles. The second-order valence-electron chi connectivity index (χ2n) is 7.21. The largest absolute Gasteiger partial charge is 0.444 e. The van der Waals surface area contributed by atoms with E-state index in [0.29, 0.717) is 0 Å². The highest BCUT2D eigenvalue weighted by Crippen LogP contribution is 2.32. The highest BCUT2D eigenvalue weighted by Gasteiger charge is 2.34. The molecule has 4 heteroatoms. The number of carbonyl (C=O) groups is 1. The summed E-state index contributed by atoms with van der Waals surface area (Å²) < 4.78 is 5.32. The number of hydrogen-bond acceptors (Lipinski definition) is 3. The van der Waals surface area contributed by atoms with Crippen molar-refractivity contribution >= 4 is 6.09 Å². The Morgan fingerprint density at radius 3 is 2.58 bits per heavy atom. The molecule has 4 nitrogen and oxygen atoms in total.